The molecule has 0 saturated heterocycles. The number of nitrogens with one attached hydrogen (secondary N) is 2. The van der Waals surface area contributed by atoms with Crippen LogP contribution in [0.3, 0.4) is 0 Å². The Bertz CT molecular complexity index is 572. The zero-order chi connectivity index (χ0) is 15.1. The zero-order valence-electron chi connectivity index (χ0n) is 13.0. The van der Waals surface area contributed by atoms with Crippen molar-refractivity contribution in [2.45, 2.75) is 26.7 Å². The van der Waals surface area contributed by atoms with Crippen LogP contribution >= 0.6 is 0 Å². The van der Waals surface area contributed by atoms with Crippen molar-refractivity contribution in [3.63, 3.8) is 0 Å². The first-order valence-electron chi connectivity index (χ1n) is 7.78. The molecule has 0 aliphatic rings. The number of carbonyl (C=O) groups excluding carboxylic acids is 1. The van der Waals surface area contributed by atoms with Crippen molar-refractivity contribution in [3.8, 4) is 0 Å². The molecule has 2 N–H and O–H groups in total. The molecule has 1 aromatic carbocycles. The molecule has 0 bridgehead atoms. The van der Waals surface area contributed by atoms with E-state index in [9.17, 15) is 4.79 Å². The Kier molecular flexibility index (Phi) is 5.81. The van der Waals surface area contributed by atoms with Gasteiger partial charge < -0.3 is 15.2 Å². The minimum atomic E-state index is 0.101. The van der Waals surface area contributed by atoms with E-state index in [1.54, 1.807) is 0 Å². The van der Waals surface area contributed by atoms with Crippen LogP contribution in [0, 0.1) is 0 Å². The lowest BCUT2D eigenvalue weighted by Crippen LogP contribution is -2.30. The average molecular weight is 287 g/mol. The number of fused-ring (bicyclic) bond motifs is 1. The summed E-state index contributed by atoms with van der Waals surface area (Å²) in [5, 5.41) is 4.16. The van der Waals surface area contributed by atoms with Gasteiger partial charge in [-0.1, -0.05) is 19.9 Å². The molecule has 0 atom stereocenters. The minimum Gasteiger partial charge on any atom is -0.361 e. The van der Waals surface area contributed by atoms with E-state index in [4.69, 9.17) is 0 Å². The molecule has 1 amide bonds. The van der Waals surface area contributed by atoms with E-state index < -0.39 is 0 Å². The molecule has 0 aliphatic carbocycles. The maximum Gasteiger partial charge on any atom is 0.224 e. The number of aromatic amines is 1. The molecule has 0 aliphatic heterocycles. The number of hydrogen-bond acceptors (Lipinski definition) is 2. The van der Waals surface area contributed by atoms with Gasteiger partial charge >= 0.3 is 0 Å². The van der Waals surface area contributed by atoms with Crippen molar-refractivity contribution >= 4 is 16.8 Å². The molecular formula is C17H25N3O. The van der Waals surface area contributed by atoms with Gasteiger partial charge in [0.25, 0.3) is 0 Å². The van der Waals surface area contributed by atoms with Crippen LogP contribution in [-0.4, -0.2) is 42.0 Å². The maximum atomic E-state index is 11.9. The smallest absolute Gasteiger partial charge is 0.224 e. The van der Waals surface area contributed by atoms with Gasteiger partial charge in [0.2, 0.25) is 5.91 Å². The fraction of sp³-hybridized carbons (Fsp3) is 0.471. The maximum absolute atomic E-state index is 11.9. The van der Waals surface area contributed by atoms with Crippen LogP contribution in [0.2, 0.25) is 0 Å². The molecule has 4 heteroatoms. The van der Waals surface area contributed by atoms with Crippen LogP contribution in [0.4, 0.5) is 0 Å². The van der Waals surface area contributed by atoms with Crippen LogP contribution < -0.4 is 5.32 Å². The van der Waals surface area contributed by atoms with Gasteiger partial charge in [-0.05, 0) is 55.2 Å². The van der Waals surface area contributed by atoms with Crippen LogP contribution in [-0.2, 0) is 11.2 Å². The molecule has 0 saturated carbocycles. The van der Waals surface area contributed by atoms with Crippen molar-refractivity contribution in [2.24, 2.45) is 0 Å². The summed E-state index contributed by atoms with van der Waals surface area (Å²) in [5.74, 6) is 0.101. The normalized spacial score (nSPS) is 11.2. The van der Waals surface area contributed by atoms with E-state index in [0.29, 0.717) is 6.42 Å². The van der Waals surface area contributed by atoms with Gasteiger partial charge in [-0.3, -0.25) is 4.79 Å². The second-order valence-corrected chi connectivity index (χ2v) is 5.31. The molecule has 21 heavy (non-hydrogen) atoms. The number of rotatable bonds is 8. The minimum absolute atomic E-state index is 0.101. The molecule has 0 unspecified atom stereocenters. The molecule has 4 nitrogen and oxygen atoms in total. The fourth-order valence-electron chi connectivity index (χ4n) is 2.53. The first kappa shape index (κ1) is 15.6. The zero-order valence-corrected chi connectivity index (χ0v) is 13.0. The SMILES string of the molecule is CCN(CC)CCCNC(=O)Cc1ccc2[nH]ccc2c1. The fourth-order valence-corrected chi connectivity index (χ4v) is 2.53. The van der Waals surface area contributed by atoms with Gasteiger partial charge in [-0.2, -0.15) is 0 Å². The summed E-state index contributed by atoms with van der Waals surface area (Å²) in [6.45, 7) is 8.27. The van der Waals surface area contributed by atoms with Crippen molar-refractivity contribution < 1.29 is 4.79 Å². The van der Waals surface area contributed by atoms with Gasteiger partial charge in [0.15, 0.2) is 0 Å². The molecular weight excluding hydrogens is 262 g/mol. The topological polar surface area (TPSA) is 48.1 Å². The monoisotopic (exact) mass is 287 g/mol. The highest BCUT2D eigenvalue weighted by molar-refractivity contribution is 5.83. The Morgan fingerprint density at radius 1 is 1.24 bits per heavy atom. The van der Waals surface area contributed by atoms with Gasteiger partial charge in [-0.25, -0.2) is 0 Å². The van der Waals surface area contributed by atoms with Gasteiger partial charge in [0.1, 0.15) is 0 Å². The van der Waals surface area contributed by atoms with Crippen LogP contribution in [0.1, 0.15) is 25.8 Å². The predicted octanol–water partition coefficient (Wildman–Crippen LogP) is 2.56. The number of nitrogens with zero attached hydrogens (tertiary/aromatic N) is 1. The summed E-state index contributed by atoms with van der Waals surface area (Å²) in [6, 6.07) is 8.13. The van der Waals surface area contributed by atoms with Crippen molar-refractivity contribution in [2.75, 3.05) is 26.2 Å². The highest BCUT2D eigenvalue weighted by atomic mass is 16.1. The molecule has 114 valence electrons. The van der Waals surface area contributed by atoms with Crippen molar-refractivity contribution in [3.05, 3.63) is 36.0 Å². The third-order valence-electron chi connectivity index (χ3n) is 3.85. The van der Waals surface area contributed by atoms with Crippen LogP contribution in [0.15, 0.2) is 30.5 Å². The number of carbonyl (C=O) groups is 1. The summed E-state index contributed by atoms with van der Waals surface area (Å²) >= 11 is 0. The molecule has 2 rings (SSSR count). The number of benzene rings is 1. The lowest BCUT2D eigenvalue weighted by molar-refractivity contribution is -0.120. The summed E-state index contributed by atoms with van der Waals surface area (Å²) in [4.78, 5) is 17.5. The molecule has 0 radical (unpaired) electrons. The van der Waals surface area contributed by atoms with Crippen LogP contribution in [0.5, 0.6) is 0 Å². The number of H-pyrrole nitrogens is 1. The molecule has 0 fully saturated rings. The summed E-state index contributed by atoms with van der Waals surface area (Å²) in [6.07, 6.45) is 3.37. The summed E-state index contributed by atoms with van der Waals surface area (Å²) in [7, 11) is 0. The van der Waals surface area contributed by atoms with E-state index in [-0.39, 0.29) is 5.91 Å². The number of aromatic nitrogens is 1. The average Bonchev–Trinajstić information content (AvgIpc) is 2.95. The van der Waals surface area contributed by atoms with E-state index in [1.807, 2.05) is 24.4 Å². The van der Waals surface area contributed by atoms with Gasteiger partial charge in [0, 0.05) is 18.3 Å². The van der Waals surface area contributed by atoms with E-state index in [1.165, 1.54) is 0 Å². The Labute approximate surface area is 126 Å². The number of hydrogen-bond donors (Lipinski definition) is 2. The largest absolute Gasteiger partial charge is 0.361 e. The first-order valence-corrected chi connectivity index (χ1v) is 7.78. The van der Waals surface area contributed by atoms with E-state index >= 15 is 0 Å². The van der Waals surface area contributed by atoms with Crippen molar-refractivity contribution in [1.82, 2.24) is 15.2 Å². The van der Waals surface area contributed by atoms with Gasteiger partial charge in [-0.15, -0.1) is 0 Å². The van der Waals surface area contributed by atoms with E-state index in [0.717, 1.165) is 49.1 Å². The Morgan fingerprint density at radius 3 is 2.81 bits per heavy atom. The molecule has 1 heterocycles. The number of amides is 1. The van der Waals surface area contributed by atoms with Crippen molar-refractivity contribution in [1.29, 1.82) is 0 Å². The lowest BCUT2D eigenvalue weighted by Gasteiger charge is -2.17. The standard InChI is InChI=1S/C17H25N3O/c1-3-20(4-2)11-5-9-19-17(21)13-14-6-7-16-15(12-14)8-10-18-16/h6-8,10,12,18H,3-5,9,11,13H2,1-2H3,(H,19,21). The first-order chi connectivity index (χ1) is 10.2. The summed E-state index contributed by atoms with van der Waals surface area (Å²) in [5.41, 5.74) is 2.17. The quantitative estimate of drug-likeness (QED) is 0.733. The Hall–Kier alpha value is -1.81. The molecule has 2 aromatic rings. The second kappa shape index (κ2) is 7.84. The Balaban J connectivity index is 1.74. The second-order valence-electron chi connectivity index (χ2n) is 5.31. The predicted molar refractivity (Wildman–Crippen MR) is 87.4 cm³/mol. The lowest BCUT2D eigenvalue weighted by atomic mass is 10.1. The molecule has 1 aromatic heterocycles. The van der Waals surface area contributed by atoms with E-state index in [2.05, 4.69) is 35.1 Å². The summed E-state index contributed by atoms with van der Waals surface area (Å²) < 4.78 is 0. The third kappa shape index (κ3) is 4.60. The van der Waals surface area contributed by atoms with Gasteiger partial charge in [0.05, 0.1) is 6.42 Å². The third-order valence-corrected chi connectivity index (χ3v) is 3.85. The van der Waals surface area contributed by atoms with Crippen LogP contribution in [0.25, 0.3) is 10.9 Å². The highest BCUT2D eigenvalue weighted by Crippen LogP contribution is 2.14. The Morgan fingerprint density at radius 2 is 2.05 bits per heavy atom. The highest BCUT2D eigenvalue weighted by Gasteiger charge is 2.05. The molecule has 0 spiro atoms.